The number of amides is 1. The summed E-state index contributed by atoms with van der Waals surface area (Å²) in [6, 6.07) is 7.56. The lowest BCUT2D eigenvalue weighted by atomic mass is 10.1. The van der Waals surface area contributed by atoms with Crippen LogP contribution in [0.4, 0.5) is 5.69 Å². The van der Waals surface area contributed by atoms with E-state index in [2.05, 4.69) is 20.0 Å². The third kappa shape index (κ3) is 3.90. The Morgan fingerprint density at radius 3 is 2.76 bits per heavy atom. The number of imidazole rings is 1. The molecule has 1 amide bonds. The molecule has 0 radical (unpaired) electrons. The first-order valence-electron chi connectivity index (χ1n) is 11.5. The maximum Gasteiger partial charge on any atom is 0.260 e. The number of nitrogens with zero attached hydrogens (tertiary/aromatic N) is 5. The van der Waals surface area contributed by atoms with Crippen molar-refractivity contribution in [1.82, 2.24) is 24.7 Å². The van der Waals surface area contributed by atoms with Crippen molar-refractivity contribution >= 4 is 22.8 Å². The first-order valence-corrected chi connectivity index (χ1v) is 11.5. The summed E-state index contributed by atoms with van der Waals surface area (Å²) < 4.78 is 7.69. The van der Waals surface area contributed by atoms with E-state index < -0.39 is 0 Å². The molecule has 8 heteroatoms. The molecule has 8 nitrogen and oxygen atoms in total. The number of rotatable bonds is 4. The van der Waals surface area contributed by atoms with Gasteiger partial charge in [-0.15, -0.1) is 0 Å². The molecule has 0 saturated heterocycles. The summed E-state index contributed by atoms with van der Waals surface area (Å²) in [4.78, 5) is 27.7. The van der Waals surface area contributed by atoms with E-state index in [0.29, 0.717) is 34.0 Å². The lowest BCUT2D eigenvalue weighted by molar-refractivity contribution is 0.102. The van der Waals surface area contributed by atoms with Crippen molar-refractivity contribution in [2.75, 3.05) is 5.32 Å². The Balaban J connectivity index is 1.56. The third-order valence-corrected chi connectivity index (χ3v) is 6.14. The fourth-order valence-electron chi connectivity index (χ4n) is 4.36. The molecule has 0 saturated carbocycles. The van der Waals surface area contributed by atoms with E-state index in [4.69, 9.17) is 14.5 Å². The molecule has 170 valence electrons. The van der Waals surface area contributed by atoms with Crippen LogP contribution in [0.5, 0.6) is 0 Å². The SMILES string of the molecule is Cc1cc(C(=O)Nc2c(C)cccc2-c2nc(C(C)C)no2)c2nc3n(c2n1)CCCCC3. The van der Waals surface area contributed by atoms with Crippen LogP contribution in [-0.4, -0.2) is 30.6 Å². The second kappa shape index (κ2) is 8.42. The highest BCUT2D eigenvalue weighted by Crippen LogP contribution is 2.32. The van der Waals surface area contributed by atoms with Crippen molar-refractivity contribution in [1.29, 1.82) is 0 Å². The summed E-state index contributed by atoms with van der Waals surface area (Å²) in [6.07, 6.45) is 4.31. The number of pyridine rings is 1. The summed E-state index contributed by atoms with van der Waals surface area (Å²) >= 11 is 0. The Morgan fingerprint density at radius 2 is 1.97 bits per heavy atom. The molecule has 0 unspecified atom stereocenters. The van der Waals surface area contributed by atoms with E-state index in [1.54, 1.807) is 0 Å². The third-order valence-electron chi connectivity index (χ3n) is 6.14. The molecule has 33 heavy (non-hydrogen) atoms. The zero-order chi connectivity index (χ0) is 23.1. The Bertz CT molecular complexity index is 1350. The van der Waals surface area contributed by atoms with E-state index in [9.17, 15) is 4.79 Å². The summed E-state index contributed by atoms with van der Waals surface area (Å²) in [7, 11) is 0. The largest absolute Gasteiger partial charge is 0.334 e. The number of anilines is 1. The zero-order valence-electron chi connectivity index (χ0n) is 19.5. The van der Waals surface area contributed by atoms with Crippen molar-refractivity contribution in [3.8, 4) is 11.5 Å². The predicted octanol–water partition coefficient (Wildman–Crippen LogP) is 5.20. The van der Waals surface area contributed by atoms with Crippen molar-refractivity contribution in [3.05, 3.63) is 52.7 Å². The van der Waals surface area contributed by atoms with Gasteiger partial charge in [-0.05, 0) is 44.4 Å². The van der Waals surface area contributed by atoms with Crippen LogP contribution >= 0.6 is 0 Å². The van der Waals surface area contributed by atoms with Crippen LogP contribution in [-0.2, 0) is 13.0 Å². The second-order valence-electron chi connectivity index (χ2n) is 9.04. The van der Waals surface area contributed by atoms with Gasteiger partial charge in [0, 0.05) is 24.6 Å². The highest BCUT2D eigenvalue weighted by Gasteiger charge is 2.23. The zero-order valence-corrected chi connectivity index (χ0v) is 19.5. The lowest BCUT2D eigenvalue weighted by Gasteiger charge is -2.12. The van der Waals surface area contributed by atoms with Crippen LogP contribution in [0.1, 0.15) is 72.3 Å². The van der Waals surface area contributed by atoms with Crippen LogP contribution in [0.2, 0.25) is 0 Å². The van der Waals surface area contributed by atoms with Crippen LogP contribution < -0.4 is 5.32 Å². The number of carbonyl (C=O) groups excluding carboxylic acids is 1. The van der Waals surface area contributed by atoms with Crippen molar-refractivity contribution in [3.63, 3.8) is 0 Å². The Morgan fingerprint density at radius 1 is 1.12 bits per heavy atom. The summed E-state index contributed by atoms with van der Waals surface area (Å²) in [6.45, 7) is 8.78. The molecule has 0 aliphatic carbocycles. The summed E-state index contributed by atoms with van der Waals surface area (Å²) in [5.74, 6) is 1.96. The standard InChI is InChI=1S/C25H28N6O2/c1-14(2)22-29-25(33-30-22)17-10-8-9-15(3)20(17)28-24(32)18-13-16(4)26-23-21(18)27-19-11-6-5-7-12-31(19)23/h8-10,13-14H,5-7,11-12H2,1-4H3,(H,28,32). The number of hydrogen-bond acceptors (Lipinski definition) is 6. The molecule has 0 atom stereocenters. The van der Waals surface area contributed by atoms with Gasteiger partial charge in [-0.25, -0.2) is 9.97 Å². The topological polar surface area (TPSA) is 98.7 Å². The van der Waals surface area contributed by atoms with E-state index >= 15 is 0 Å². The van der Waals surface area contributed by atoms with Crippen molar-refractivity contribution < 1.29 is 9.32 Å². The summed E-state index contributed by atoms with van der Waals surface area (Å²) in [5.41, 5.74) is 5.04. The van der Waals surface area contributed by atoms with E-state index in [1.807, 2.05) is 52.0 Å². The van der Waals surface area contributed by atoms with E-state index in [1.165, 1.54) is 6.42 Å². The molecule has 3 aromatic heterocycles. The molecule has 1 aromatic carbocycles. The lowest BCUT2D eigenvalue weighted by Crippen LogP contribution is -2.15. The maximum absolute atomic E-state index is 13.6. The van der Waals surface area contributed by atoms with Gasteiger partial charge < -0.3 is 14.4 Å². The minimum absolute atomic E-state index is 0.148. The number of benzene rings is 1. The molecule has 1 N–H and O–H groups in total. The quantitative estimate of drug-likeness (QED) is 0.464. The van der Waals surface area contributed by atoms with Crippen LogP contribution in [0.15, 0.2) is 28.8 Å². The van der Waals surface area contributed by atoms with E-state index in [-0.39, 0.29) is 11.8 Å². The van der Waals surface area contributed by atoms with Crippen LogP contribution in [0.25, 0.3) is 22.6 Å². The molecular weight excluding hydrogens is 416 g/mol. The molecule has 4 aromatic rings. The average molecular weight is 445 g/mol. The van der Waals surface area contributed by atoms with Gasteiger partial charge in [-0.1, -0.05) is 37.6 Å². The fraction of sp³-hybridized carbons (Fsp3) is 0.400. The van der Waals surface area contributed by atoms with Gasteiger partial charge in [-0.3, -0.25) is 4.79 Å². The van der Waals surface area contributed by atoms with Gasteiger partial charge in [0.1, 0.15) is 11.3 Å². The Labute approximate surface area is 192 Å². The number of carbonyl (C=O) groups is 1. The Kier molecular flexibility index (Phi) is 5.44. The monoisotopic (exact) mass is 444 g/mol. The van der Waals surface area contributed by atoms with Crippen molar-refractivity contribution in [2.45, 2.75) is 65.8 Å². The van der Waals surface area contributed by atoms with E-state index in [0.717, 1.165) is 48.5 Å². The van der Waals surface area contributed by atoms with Gasteiger partial charge in [0.2, 0.25) is 0 Å². The number of fused-ring (bicyclic) bond motifs is 3. The number of para-hydroxylation sites is 1. The van der Waals surface area contributed by atoms with Crippen molar-refractivity contribution in [2.24, 2.45) is 0 Å². The molecular formula is C25H28N6O2. The average Bonchev–Trinajstić information content (AvgIpc) is 3.33. The Hall–Kier alpha value is -3.55. The molecule has 1 aliphatic rings. The molecule has 0 fully saturated rings. The molecule has 0 spiro atoms. The number of aromatic nitrogens is 5. The first kappa shape index (κ1) is 21.3. The van der Waals surface area contributed by atoms with Crippen LogP contribution in [0, 0.1) is 13.8 Å². The molecule has 5 rings (SSSR count). The second-order valence-corrected chi connectivity index (χ2v) is 9.04. The van der Waals surface area contributed by atoms with Gasteiger partial charge >= 0.3 is 0 Å². The highest BCUT2D eigenvalue weighted by molar-refractivity contribution is 6.12. The predicted molar refractivity (Wildman–Crippen MR) is 126 cm³/mol. The van der Waals surface area contributed by atoms with Gasteiger partial charge in [0.05, 0.1) is 16.8 Å². The number of hydrogen-bond donors (Lipinski definition) is 1. The van der Waals surface area contributed by atoms with Gasteiger partial charge in [0.15, 0.2) is 11.5 Å². The first-order chi connectivity index (χ1) is 15.9. The summed E-state index contributed by atoms with van der Waals surface area (Å²) in [5, 5.41) is 7.18. The fourth-order valence-corrected chi connectivity index (χ4v) is 4.36. The minimum atomic E-state index is -0.224. The van der Waals surface area contributed by atoms with Gasteiger partial charge in [-0.2, -0.15) is 4.98 Å². The normalized spacial score (nSPS) is 13.8. The van der Waals surface area contributed by atoms with Crippen LogP contribution in [0.3, 0.4) is 0 Å². The molecule has 0 bridgehead atoms. The number of aryl methyl sites for hydroxylation is 4. The van der Waals surface area contributed by atoms with Gasteiger partial charge in [0.25, 0.3) is 11.8 Å². The molecule has 4 heterocycles. The highest BCUT2D eigenvalue weighted by atomic mass is 16.5. The number of nitrogens with one attached hydrogen (secondary N) is 1. The molecule has 1 aliphatic heterocycles. The maximum atomic E-state index is 13.6. The minimum Gasteiger partial charge on any atom is -0.334 e. The smallest absolute Gasteiger partial charge is 0.260 e.